The lowest BCUT2D eigenvalue weighted by atomic mass is 10.1. The van der Waals surface area contributed by atoms with E-state index in [1.807, 2.05) is 0 Å². The Kier molecular flexibility index (Phi) is 5.07. The van der Waals surface area contributed by atoms with Crippen LogP contribution in [0.5, 0.6) is 5.75 Å². The molecule has 3 N–H and O–H groups in total. The summed E-state index contributed by atoms with van der Waals surface area (Å²) < 4.78 is 33.4. The highest BCUT2D eigenvalue weighted by molar-refractivity contribution is 7.89. The van der Waals surface area contributed by atoms with Crippen LogP contribution in [0.3, 0.4) is 0 Å². The maximum atomic E-state index is 11.7. The predicted octanol–water partition coefficient (Wildman–Crippen LogP) is 1.35. The first-order valence-corrected chi connectivity index (χ1v) is 8.42. The number of aryl methyl sites for hydroxylation is 2. The van der Waals surface area contributed by atoms with Gasteiger partial charge in [0, 0.05) is 0 Å². The number of nitrogens with two attached hydrogens (primary N) is 1. The van der Waals surface area contributed by atoms with Crippen molar-refractivity contribution in [2.24, 2.45) is 5.14 Å². The fourth-order valence-electron chi connectivity index (χ4n) is 2.05. The fourth-order valence-corrected chi connectivity index (χ4v) is 2.89. The van der Waals surface area contributed by atoms with Crippen LogP contribution in [0.2, 0.25) is 0 Å². The van der Waals surface area contributed by atoms with Gasteiger partial charge in [0.2, 0.25) is 10.0 Å². The van der Waals surface area contributed by atoms with Crippen LogP contribution in [0.15, 0.2) is 39.8 Å². The van der Waals surface area contributed by atoms with E-state index in [2.05, 4.69) is 5.32 Å². The second-order valence-electron chi connectivity index (χ2n) is 5.01. The maximum Gasteiger partial charge on any atom is 0.287 e. The largest absolute Gasteiger partial charge is 0.491 e. The van der Waals surface area contributed by atoms with E-state index in [1.165, 1.54) is 12.3 Å². The first-order valence-electron chi connectivity index (χ1n) is 6.87. The summed E-state index contributed by atoms with van der Waals surface area (Å²) in [5.41, 5.74) is 1.16. The van der Waals surface area contributed by atoms with Gasteiger partial charge in [0.1, 0.15) is 12.4 Å². The van der Waals surface area contributed by atoms with Crippen molar-refractivity contribution in [3.05, 3.63) is 47.4 Å². The molecule has 0 spiro atoms. The minimum atomic E-state index is -3.76. The van der Waals surface area contributed by atoms with Gasteiger partial charge < -0.3 is 14.5 Å². The summed E-state index contributed by atoms with van der Waals surface area (Å²) in [7, 11) is -3.76. The fraction of sp³-hybridized carbons (Fsp3) is 0.267. The van der Waals surface area contributed by atoms with Crippen molar-refractivity contribution in [3.8, 4) is 5.75 Å². The van der Waals surface area contributed by atoms with Crippen LogP contribution in [0.25, 0.3) is 0 Å². The molecule has 23 heavy (non-hydrogen) atoms. The van der Waals surface area contributed by atoms with Gasteiger partial charge in [0.15, 0.2) is 5.76 Å². The molecule has 0 unspecified atom stereocenters. The van der Waals surface area contributed by atoms with Crippen molar-refractivity contribution in [3.63, 3.8) is 0 Å². The van der Waals surface area contributed by atoms with Crippen LogP contribution in [-0.4, -0.2) is 27.5 Å². The molecule has 0 bridgehead atoms. The van der Waals surface area contributed by atoms with Gasteiger partial charge in [0.25, 0.3) is 5.91 Å². The zero-order valence-electron chi connectivity index (χ0n) is 12.8. The smallest absolute Gasteiger partial charge is 0.287 e. The average Bonchev–Trinajstić information content (AvgIpc) is 2.99. The standard InChI is InChI=1S/C15H18N2O5S/c1-10-9-14(23(16,19)20)11(2)8-13(10)22-7-5-17-15(18)12-4-3-6-21-12/h3-4,6,8-9H,5,7H2,1-2H3,(H,17,18)(H2,16,19,20). The van der Waals surface area contributed by atoms with Gasteiger partial charge >= 0.3 is 0 Å². The molecule has 1 amide bonds. The second-order valence-corrected chi connectivity index (χ2v) is 6.54. The SMILES string of the molecule is Cc1cc(S(N)(=O)=O)c(C)cc1OCCNC(=O)c1ccco1. The Morgan fingerprint density at radius 1 is 1.30 bits per heavy atom. The Morgan fingerprint density at radius 2 is 2.04 bits per heavy atom. The molecule has 0 aliphatic heterocycles. The molecule has 1 aromatic carbocycles. The minimum Gasteiger partial charge on any atom is -0.491 e. The van der Waals surface area contributed by atoms with E-state index in [4.69, 9.17) is 14.3 Å². The highest BCUT2D eigenvalue weighted by atomic mass is 32.2. The number of sulfonamides is 1. The topological polar surface area (TPSA) is 112 Å². The molecule has 0 radical (unpaired) electrons. The Morgan fingerprint density at radius 3 is 2.65 bits per heavy atom. The molecule has 124 valence electrons. The third-order valence-electron chi connectivity index (χ3n) is 3.17. The molecular weight excluding hydrogens is 320 g/mol. The number of furan rings is 1. The predicted molar refractivity (Wildman–Crippen MR) is 83.8 cm³/mol. The monoisotopic (exact) mass is 338 g/mol. The number of nitrogens with one attached hydrogen (secondary N) is 1. The number of rotatable bonds is 6. The van der Waals surface area contributed by atoms with Crippen molar-refractivity contribution in [1.82, 2.24) is 5.32 Å². The molecule has 0 saturated carbocycles. The van der Waals surface area contributed by atoms with E-state index in [9.17, 15) is 13.2 Å². The summed E-state index contributed by atoms with van der Waals surface area (Å²) in [4.78, 5) is 11.7. The van der Waals surface area contributed by atoms with Crippen LogP contribution in [-0.2, 0) is 10.0 Å². The van der Waals surface area contributed by atoms with Crippen LogP contribution in [0, 0.1) is 13.8 Å². The number of ether oxygens (including phenoxy) is 1. The van der Waals surface area contributed by atoms with E-state index in [-0.39, 0.29) is 29.7 Å². The molecule has 0 aliphatic carbocycles. The summed E-state index contributed by atoms with van der Waals surface area (Å²) in [5.74, 6) is 0.452. The quantitative estimate of drug-likeness (QED) is 0.772. The van der Waals surface area contributed by atoms with Gasteiger partial charge in [-0.05, 0) is 49.2 Å². The van der Waals surface area contributed by atoms with Crippen molar-refractivity contribution in [1.29, 1.82) is 0 Å². The molecular formula is C15H18N2O5S. The summed E-state index contributed by atoms with van der Waals surface area (Å²) in [5, 5.41) is 7.80. The number of carbonyl (C=O) groups excluding carboxylic acids is 1. The van der Waals surface area contributed by atoms with Crippen molar-refractivity contribution in [2.75, 3.05) is 13.2 Å². The third-order valence-corrected chi connectivity index (χ3v) is 4.22. The number of carbonyl (C=O) groups is 1. The van der Waals surface area contributed by atoms with Crippen molar-refractivity contribution in [2.45, 2.75) is 18.7 Å². The van der Waals surface area contributed by atoms with Gasteiger partial charge in [-0.25, -0.2) is 13.6 Å². The van der Waals surface area contributed by atoms with E-state index >= 15 is 0 Å². The second kappa shape index (κ2) is 6.84. The molecule has 7 nitrogen and oxygen atoms in total. The molecule has 1 heterocycles. The number of hydrogen-bond donors (Lipinski definition) is 2. The van der Waals surface area contributed by atoms with Crippen LogP contribution >= 0.6 is 0 Å². The lowest BCUT2D eigenvalue weighted by Crippen LogP contribution is -2.27. The molecule has 0 saturated heterocycles. The molecule has 1 aromatic heterocycles. The van der Waals surface area contributed by atoms with Crippen LogP contribution < -0.4 is 15.2 Å². The van der Waals surface area contributed by atoms with Crippen molar-refractivity contribution < 1.29 is 22.4 Å². The summed E-state index contributed by atoms with van der Waals surface area (Å²) in [6.07, 6.45) is 1.42. The Balaban J connectivity index is 1.94. The number of benzene rings is 1. The minimum absolute atomic E-state index is 0.0773. The van der Waals surface area contributed by atoms with E-state index < -0.39 is 10.0 Å². The summed E-state index contributed by atoms with van der Waals surface area (Å²) in [6, 6.07) is 6.28. The van der Waals surface area contributed by atoms with E-state index in [0.29, 0.717) is 16.9 Å². The van der Waals surface area contributed by atoms with Gasteiger partial charge in [-0.3, -0.25) is 4.79 Å². The Bertz CT molecular complexity index is 798. The molecule has 2 rings (SSSR count). The van der Waals surface area contributed by atoms with Gasteiger partial charge in [0.05, 0.1) is 17.7 Å². The van der Waals surface area contributed by atoms with E-state index in [0.717, 1.165) is 0 Å². The molecule has 0 fully saturated rings. The third kappa shape index (κ3) is 4.33. The lowest BCUT2D eigenvalue weighted by Gasteiger charge is -2.12. The number of primary sulfonamides is 1. The summed E-state index contributed by atoms with van der Waals surface area (Å²) >= 11 is 0. The molecule has 0 atom stereocenters. The Hall–Kier alpha value is -2.32. The zero-order valence-corrected chi connectivity index (χ0v) is 13.6. The lowest BCUT2D eigenvalue weighted by molar-refractivity contribution is 0.0919. The highest BCUT2D eigenvalue weighted by Crippen LogP contribution is 2.25. The first kappa shape index (κ1) is 17.0. The van der Waals surface area contributed by atoms with Gasteiger partial charge in [-0.2, -0.15) is 0 Å². The van der Waals surface area contributed by atoms with Crippen molar-refractivity contribution >= 4 is 15.9 Å². The summed E-state index contributed by atoms with van der Waals surface area (Å²) in [6.45, 7) is 3.89. The normalized spacial score (nSPS) is 11.3. The maximum absolute atomic E-state index is 11.7. The number of hydrogen-bond acceptors (Lipinski definition) is 5. The molecule has 2 aromatic rings. The molecule has 0 aliphatic rings. The highest BCUT2D eigenvalue weighted by Gasteiger charge is 2.14. The van der Waals surface area contributed by atoms with E-state index in [1.54, 1.807) is 32.0 Å². The zero-order chi connectivity index (χ0) is 17.0. The van der Waals surface area contributed by atoms with Gasteiger partial charge in [-0.1, -0.05) is 0 Å². The molecule has 8 heteroatoms. The first-order chi connectivity index (χ1) is 10.8. The van der Waals surface area contributed by atoms with Gasteiger partial charge in [-0.15, -0.1) is 0 Å². The Labute approximate surface area is 134 Å². The number of amides is 1. The van der Waals surface area contributed by atoms with Crippen LogP contribution in [0.1, 0.15) is 21.7 Å². The average molecular weight is 338 g/mol. The van der Waals surface area contributed by atoms with Crippen LogP contribution in [0.4, 0.5) is 0 Å².